The lowest BCUT2D eigenvalue weighted by Crippen LogP contribution is -2.30. The van der Waals surface area contributed by atoms with E-state index in [1.165, 1.54) is 218 Å². The average molecular weight is 1050 g/mol. The molecule has 0 rings (SSSR count). The van der Waals surface area contributed by atoms with Gasteiger partial charge >= 0.3 is 17.9 Å². The predicted octanol–water partition coefficient (Wildman–Crippen LogP) is 22.3. The van der Waals surface area contributed by atoms with Crippen LogP contribution in [0.4, 0.5) is 0 Å². The van der Waals surface area contributed by atoms with Crippen LogP contribution in [0.1, 0.15) is 342 Å². The lowest BCUT2D eigenvalue weighted by Gasteiger charge is -2.18. The van der Waals surface area contributed by atoms with Crippen molar-refractivity contribution in [1.82, 2.24) is 0 Å². The van der Waals surface area contributed by atoms with Crippen molar-refractivity contribution < 1.29 is 28.6 Å². The van der Waals surface area contributed by atoms with Crippen LogP contribution < -0.4 is 0 Å². The summed E-state index contributed by atoms with van der Waals surface area (Å²) in [5, 5.41) is 0. The first-order valence-electron chi connectivity index (χ1n) is 32.8. The molecule has 0 aromatic heterocycles. The minimum Gasteiger partial charge on any atom is -0.462 e. The van der Waals surface area contributed by atoms with Gasteiger partial charge < -0.3 is 14.2 Å². The predicted molar refractivity (Wildman–Crippen MR) is 325 cm³/mol. The molecule has 0 aliphatic rings. The topological polar surface area (TPSA) is 78.9 Å². The third-order valence-corrected chi connectivity index (χ3v) is 14.5. The summed E-state index contributed by atoms with van der Waals surface area (Å²) in [6.07, 6.45) is 81.6. The van der Waals surface area contributed by atoms with Crippen LogP contribution in [0.15, 0.2) is 60.8 Å². The highest BCUT2D eigenvalue weighted by Crippen LogP contribution is 2.18. The van der Waals surface area contributed by atoms with Crippen molar-refractivity contribution in [2.45, 2.75) is 348 Å². The lowest BCUT2D eigenvalue weighted by molar-refractivity contribution is -0.167. The molecule has 0 aromatic carbocycles. The first-order chi connectivity index (χ1) is 37.0. The Morgan fingerprint density at radius 3 is 0.853 bits per heavy atom. The Bertz CT molecular complexity index is 1340. The highest BCUT2D eigenvalue weighted by molar-refractivity contribution is 5.71. The molecule has 0 heterocycles. The van der Waals surface area contributed by atoms with Gasteiger partial charge in [-0.3, -0.25) is 14.4 Å². The maximum absolute atomic E-state index is 12.8. The maximum atomic E-state index is 12.8. The van der Waals surface area contributed by atoms with Crippen molar-refractivity contribution in [3.05, 3.63) is 60.8 Å². The van der Waals surface area contributed by atoms with Gasteiger partial charge in [-0.25, -0.2) is 0 Å². The Hall–Kier alpha value is -2.89. The summed E-state index contributed by atoms with van der Waals surface area (Å²) in [6.45, 7) is 6.48. The molecule has 0 aromatic rings. The zero-order chi connectivity index (χ0) is 54.3. The van der Waals surface area contributed by atoms with Crippen LogP contribution in [-0.2, 0) is 28.6 Å². The zero-order valence-electron chi connectivity index (χ0n) is 50.1. The van der Waals surface area contributed by atoms with Gasteiger partial charge in [0.05, 0.1) is 0 Å². The molecule has 6 heteroatoms. The van der Waals surface area contributed by atoms with Crippen LogP contribution in [0.3, 0.4) is 0 Å². The van der Waals surface area contributed by atoms with E-state index in [4.69, 9.17) is 14.2 Å². The van der Waals surface area contributed by atoms with Crippen LogP contribution >= 0.6 is 0 Å². The molecule has 0 spiro atoms. The Morgan fingerprint density at radius 2 is 0.520 bits per heavy atom. The van der Waals surface area contributed by atoms with Gasteiger partial charge in [-0.15, -0.1) is 0 Å². The Balaban J connectivity index is 3.94. The van der Waals surface area contributed by atoms with Gasteiger partial charge in [0.1, 0.15) is 13.2 Å². The van der Waals surface area contributed by atoms with Gasteiger partial charge in [0.2, 0.25) is 0 Å². The lowest BCUT2D eigenvalue weighted by atomic mass is 10.0. The fraction of sp³-hybridized carbons (Fsp3) is 0.812. The van der Waals surface area contributed by atoms with E-state index in [0.717, 1.165) is 77.0 Å². The molecule has 0 aliphatic heterocycles. The SMILES string of the molecule is CC/C=C\C/C=C\C/C=C\C/C=C\CCCCC(=O)OC(COC(=O)CCCCCCCCC)COC(=O)CCCCCCCCCCCCCCCCCCCCCCCCC/C=C\CCCCCCCCCC. The summed E-state index contributed by atoms with van der Waals surface area (Å²) in [5.74, 6) is -0.923. The second-order valence-corrected chi connectivity index (χ2v) is 22.0. The third-order valence-electron chi connectivity index (χ3n) is 14.5. The van der Waals surface area contributed by atoms with Crippen LogP contribution in [0.25, 0.3) is 0 Å². The zero-order valence-corrected chi connectivity index (χ0v) is 50.1. The third kappa shape index (κ3) is 61.8. The van der Waals surface area contributed by atoms with Crippen LogP contribution in [0, 0.1) is 0 Å². The summed E-state index contributed by atoms with van der Waals surface area (Å²) in [5.41, 5.74) is 0. The van der Waals surface area contributed by atoms with Crippen molar-refractivity contribution in [3.63, 3.8) is 0 Å². The average Bonchev–Trinajstić information content (AvgIpc) is 3.41. The number of hydrogen-bond acceptors (Lipinski definition) is 6. The standard InChI is InChI=1S/C69H124O6/c1-4-7-10-13-16-18-20-22-24-25-26-27-28-29-30-31-32-33-34-35-36-37-38-39-40-41-42-43-45-46-48-50-53-56-59-62-68(71)74-65-66(64-73-67(70)61-58-55-52-15-12-9-6-3)75-69(72)63-60-57-54-51-49-47-44-23-21-19-17-14-11-8-5-2/h8,11,17,19,23,25-26,44,49,51,66H,4-7,9-10,12-16,18,20-22,24,27-43,45-48,50,52-65H2,1-3H3/b11-8-,19-17-,26-25-,44-23-,51-49-. The van der Waals surface area contributed by atoms with E-state index in [2.05, 4.69) is 81.5 Å². The molecular weight excluding hydrogens is 925 g/mol. The molecule has 6 nitrogen and oxygen atoms in total. The normalized spacial score (nSPS) is 12.4. The molecule has 75 heavy (non-hydrogen) atoms. The second-order valence-electron chi connectivity index (χ2n) is 22.0. The molecule has 0 saturated heterocycles. The van der Waals surface area contributed by atoms with Crippen molar-refractivity contribution >= 4 is 17.9 Å². The Morgan fingerprint density at radius 1 is 0.280 bits per heavy atom. The number of carbonyl (C=O) groups excluding carboxylic acids is 3. The van der Waals surface area contributed by atoms with Crippen molar-refractivity contribution in [2.24, 2.45) is 0 Å². The van der Waals surface area contributed by atoms with E-state index in [9.17, 15) is 14.4 Å². The van der Waals surface area contributed by atoms with Crippen molar-refractivity contribution in [2.75, 3.05) is 13.2 Å². The van der Waals surface area contributed by atoms with E-state index in [-0.39, 0.29) is 37.5 Å². The first kappa shape index (κ1) is 72.1. The smallest absolute Gasteiger partial charge is 0.306 e. The van der Waals surface area contributed by atoms with Gasteiger partial charge in [-0.1, -0.05) is 300 Å². The van der Waals surface area contributed by atoms with E-state index in [0.29, 0.717) is 19.3 Å². The Kier molecular flexibility index (Phi) is 61.2. The molecule has 0 fully saturated rings. The maximum Gasteiger partial charge on any atom is 0.306 e. The highest BCUT2D eigenvalue weighted by Gasteiger charge is 2.19. The first-order valence-corrected chi connectivity index (χ1v) is 32.8. The summed E-state index contributed by atoms with van der Waals surface area (Å²) < 4.78 is 16.8. The fourth-order valence-electron chi connectivity index (χ4n) is 9.61. The van der Waals surface area contributed by atoms with Crippen molar-refractivity contribution in [1.29, 1.82) is 0 Å². The number of rotatable bonds is 60. The van der Waals surface area contributed by atoms with E-state index < -0.39 is 6.10 Å². The monoisotopic (exact) mass is 1050 g/mol. The molecule has 0 aliphatic carbocycles. The minimum atomic E-state index is -0.791. The second kappa shape index (κ2) is 63.6. The van der Waals surface area contributed by atoms with Gasteiger partial charge in [0.15, 0.2) is 6.10 Å². The Labute approximate surface area is 466 Å². The largest absolute Gasteiger partial charge is 0.462 e. The number of allylic oxidation sites excluding steroid dienone is 10. The van der Waals surface area contributed by atoms with Gasteiger partial charge in [-0.2, -0.15) is 0 Å². The van der Waals surface area contributed by atoms with Crippen LogP contribution in [0.2, 0.25) is 0 Å². The summed E-state index contributed by atoms with van der Waals surface area (Å²) in [7, 11) is 0. The molecule has 0 amide bonds. The molecule has 0 radical (unpaired) electrons. The summed E-state index contributed by atoms with van der Waals surface area (Å²) >= 11 is 0. The number of hydrogen-bond donors (Lipinski definition) is 0. The number of ether oxygens (including phenoxy) is 3. The summed E-state index contributed by atoms with van der Waals surface area (Å²) in [6, 6.07) is 0. The summed E-state index contributed by atoms with van der Waals surface area (Å²) in [4.78, 5) is 38.0. The minimum absolute atomic E-state index is 0.0875. The number of unbranched alkanes of at least 4 members (excludes halogenated alkanes) is 39. The van der Waals surface area contributed by atoms with Gasteiger partial charge in [0, 0.05) is 19.3 Å². The van der Waals surface area contributed by atoms with E-state index in [1.807, 2.05) is 0 Å². The quantitative estimate of drug-likeness (QED) is 0.0261. The molecule has 0 saturated carbocycles. The highest BCUT2D eigenvalue weighted by atomic mass is 16.6. The molecule has 0 N–H and O–H groups in total. The van der Waals surface area contributed by atoms with E-state index in [1.54, 1.807) is 0 Å². The van der Waals surface area contributed by atoms with Gasteiger partial charge in [-0.05, 0) is 83.5 Å². The fourth-order valence-corrected chi connectivity index (χ4v) is 9.61. The molecule has 1 atom stereocenters. The molecule has 1 unspecified atom stereocenters. The van der Waals surface area contributed by atoms with E-state index >= 15 is 0 Å². The van der Waals surface area contributed by atoms with Crippen LogP contribution in [0.5, 0.6) is 0 Å². The van der Waals surface area contributed by atoms with Crippen molar-refractivity contribution in [3.8, 4) is 0 Å². The molecule has 0 bridgehead atoms. The molecular formula is C69H124O6. The number of esters is 3. The molecule has 436 valence electrons. The number of carbonyl (C=O) groups is 3. The van der Waals surface area contributed by atoms with Gasteiger partial charge in [0.25, 0.3) is 0 Å². The van der Waals surface area contributed by atoms with Crippen LogP contribution in [-0.4, -0.2) is 37.2 Å².